The maximum absolute atomic E-state index is 14.3. The molecule has 1 amide bonds. The van der Waals surface area contributed by atoms with Crippen LogP contribution < -0.4 is 14.8 Å². The molecular formula is C18H20FNO4. The van der Waals surface area contributed by atoms with Crippen molar-refractivity contribution in [2.24, 2.45) is 0 Å². The van der Waals surface area contributed by atoms with Crippen molar-refractivity contribution in [1.82, 2.24) is 5.32 Å². The molecule has 0 fully saturated rings. The molecule has 2 aromatic rings. The average molecular weight is 333 g/mol. The maximum atomic E-state index is 14.3. The molecule has 6 heteroatoms. The minimum Gasteiger partial charge on any atom is -0.497 e. The third-order valence-electron chi connectivity index (χ3n) is 3.39. The number of hydrogen-bond donors (Lipinski definition) is 2. The maximum Gasteiger partial charge on any atom is 0.412 e. The highest BCUT2D eigenvalue weighted by molar-refractivity contribution is 5.77. The Morgan fingerprint density at radius 3 is 2.75 bits per heavy atom. The fraction of sp³-hybridized carbons (Fsp3) is 0.278. The molecule has 0 atom stereocenters. The number of nitrogens with one attached hydrogen (secondary N) is 1. The second-order valence-electron chi connectivity index (χ2n) is 5.09. The molecule has 2 aromatic carbocycles. The normalized spacial score (nSPS) is 10.3. The Kier molecular flexibility index (Phi) is 6.57. The van der Waals surface area contributed by atoms with Gasteiger partial charge in [0.2, 0.25) is 0 Å². The zero-order valence-corrected chi connectivity index (χ0v) is 13.4. The van der Waals surface area contributed by atoms with Crippen LogP contribution in [-0.4, -0.2) is 31.5 Å². The van der Waals surface area contributed by atoms with E-state index in [1.165, 1.54) is 25.3 Å². The Hall–Kier alpha value is -2.60. The van der Waals surface area contributed by atoms with Crippen molar-refractivity contribution < 1.29 is 23.8 Å². The summed E-state index contributed by atoms with van der Waals surface area (Å²) >= 11 is 0. The van der Waals surface area contributed by atoms with Crippen LogP contribution in [0.4, 0.5) is 9.18 Å². The molecule has 0 aliphatic heterocycles. The van der Waals surface area contributed by atoms with E-state index in [1.54, 1.807) is 24.3 Å². The summed E-state index contributed by atoms with van der Waals surface area (Å²) in [7, 11) is 1.53. The molecular weight excluding hydrogens is 313 g/mol. The number of hydrogen-bond acceptors (Lipinski definition) is 4. The Balaban J connectivity index is 2.19. The first kappa shape index (κ1) is 17.7. The summed E-state index contributed by atoms with van der Waals surface area (Å²) in [5, 5.41) is 11.3. The first-order valence-corrected chi connectivity index (χ1v) is 7.65. The third kappa shape index (κ3) is 4.70. The molecule has 5 nitrogen and oxygen atoms in total. The topological polar surface area (TPSA) is 67.8 Å². The van der Waals surface area contributed by atoms with Gasteiger partial charge in [0, 0.05) is 13.2 Å². The quantitative estimate of drug-likeness (QED) is 0.763. The molecule has 0 heterocycles. The summed E-state index contributed by atoms with van der Waals surface area (Å²) in [6.07, 6.45) is 0.565. The van der Waals surface area contributed by atoms with Crippen LogP contribution in [0.25, 0.3) is 11.1 Å². The van der Waals surface area contributed by atoms with Crippen molar-refractivity contribution in [1.29, 1.82) is 0 Å². The lowest BCUT2D eigenvalue weighted by molar-refractivity contribution is 0.199. The molecule has 0 aromatic heterocycles. The highest BCUT2D eigenvalue weighted by Crippen LogP contribution is 2.34. The highest BCUT2D eigenvalue weighted by atomic mass is 19.1. The minimum absolute atomic E-state index is 0.0701. The predicted molar refractivity (Wildman–Crippen MR) is 88.7 cm³/mol. The number of aliphatic hydroxyl groups excluding tert-OH is 1. The van der Waals surface area contributed by atoms with Crippen molar-refractivity contribution in [3.63, 3.8) is 0 Å². The largest absolute Gasteiger partial charge is 0.497 e. The molecule has 0 unspecified atom stereocenters. The number of carbonyl (C=O) groups is 1. The van der Waals surface area contributed by atoms with Gasteiger partial charge in [-0.2, -0.15) is 0 Å². The van der Waals surface area contributed by atoms with E-state index in [0.29, 0.717) is 30.7 Å². The van der Waals surface area contributed by atoms with Gasteiger partial charge in [-0.05, 0) is 42.7 Å². The van der Waals surface area contributed by atoms with E-state index in [9.17, 15) is 9.18 Å². The molecule has 0 aliphatic carbocycles. The van der Waals surface area contributed by atoms with Crippen molar-refractivity contribution >= 4 is 6.09 Å². The smallest absolute Gasteiger partial charge is 0.412 e. The lowest BCUT2D eigenvalue weighted by Crippen LogP contribution is -2.28. The van der Waals surface area contributed by atoms with E-state index in [-0.39, 0.29) is 17.9 Å². The Morgan fingerprint density at radius 1 is 1.21 bits per heavy atom. The zero-order valence-electron chi connectivity index (χ0n) is 13.4. The number of halogens is 1. The monoisotopic (exact) mass is 333 g/mol. The van der Waals surface area contributed by atoms with Crippen LogP contribution in [0.1, 0.15) is 12.8 Å². The summed E-state index contributed by atoms with van der Waals surface area (Å²) in [5.41, 5.74) is 0.748. The van der Waals surface area contributed by atoms with Gasteiger partial charge in [0.05, 0.1) is 12.7 Å². The van der Waals surface area contributed by atoms with Crippen LogP contribution in [0, 0.1) is 5.82 Å². The zero-order chi connectivity index (χ0) is 17.4. The number of unbranched alkanes of at least 4 members (excludes halogenated alkanes) is 1. The van der Waals surface area contributed by atoms with Crippen LogP contribution >= 0.6 is 0 Å². The third-order valence-corrected chi connectivity index (χ3v) is 3.39. The SMILES string of the molecule is COc1cccc(-c2c(F)cccc2OC(=O)NCCCCO)c1. The number of methoxy groups -OCH3 is 1. The van der Waals surface area contributed by atoms with E-state index >= 15 is 0 Å². The number of amides is 1. The van der Waals surface area contributed by atoms with Crippen molar-refractivity contribution in [3.05, 3.63) is 48.3 Å². The van der Waals surface area contributed by atoms with Crippen molar-refractivity contribution in [2.45, 2.75) is 12.8 Å². The highest BCUT2D eigenvalue weighted by Gasteiger charge is 2.15. The summed E-state index contributed by atoms with van der Waals surface area (Å²) in [6, 6.07) is 11.2. The summed E-state index contributed by atoms with van der Waals surface area (Å²) in [6.45, 7) is 0.448. The van der Waals surface area contributed by atoms with Gasteiger partial charge >= 0.3 is 6.09 Å². The number of ether oxygens (including phenoxy) is 2. The number of benzene rings is 2. The van der Waals surface area contributed by atoms with Gasteiger partial charge in [-0.15, -0.1) is 0 Å². The summed E-state index contributed by atoms with van der Waals surface area (Å²) < 4.78 is 24.7. The van der Waals surface area contributed by atoms with Gasteiger partial charge in [0.25, 0.3) is 0 Å². The standard InChI is InChI=1S/C18H20FNO4/c1-23-14-7-4-6-13(12-14)17-15(19)8-5-9-16(17)24-18(22)20-10-2-3-11-21/h4-9,12,21H,2-3,10-11H2,1H3,(H,20,22). The van der Waals surface area contributed by atoms with Gasteiger partial charge < -0.3 is 19.9 Å². The Bertz CT molecular complexity index is 690. The Morgan fingerprint density at radius 2 is 2.00 bits per heavy atom. The van der Waals surface area contributed by atoms with Gasteiger partial charge in [-0.25, -0.2) is 9.18 Å². The van der Waals surface area contributed by atoms with Crippen molar-refractivity contribution in [3.8, 4) is 22.6 Å². The predicted octanol–water partition coefficient (Wildman–Crippen LogP) is 3.36. The van der Waals surface area contributed by atoms with Crippen LogP contribution in [0.5, 0.6) is 11.5 Å². The Labute approximate surface area is 140 Å². The van der Waals surface area contributed by atoms with Crippen LogP contribution in [0.2, 0.25) is 0 Å². The van der Waals surface area contributed by atoms with E-state index in [1.807, 2.05) is 0 Å². The number of rotatable bonds is 7. The first-order chi connectivity index (χ1) is 11.7. The van der Waals surface area contributed by atoms with E-state index in [4.69, 9.17) is 14.6 Å². The van der Waals surface area contributed by atoms with Crippen LogP contribution in [0.3, 0.4) is 0 Å². The van der Waals surface area contributed by atoms with E-state index < -0.39 is 11.9 Å². The van der Waals surface area contributed by atoms with Gasteiger partial charge in [-0.3, -0.25) is 0 Å². The molecule has 0 saturated carbocycles. The molecule has 24 heavy (non-hydrogen) atoms. The van der Waals surface area contributed by atoms with Gasteiger partial charge in [0.1, 0.15) is 17.3 Å². The fourth-order valence-corrected chi connectivity index (χ4v) is 2.21. The lowest BCUT2D eigenvalue weighted by atomic mass is 10.0. The molecule has 0 radical (unpaired) electrons. The summed E-state index contributed by atoms with van der Waals surface area (Å²) in [4.78, 5) is 11.9. The molecule has 2 N–H and O–H groups in total. The first-order valence-electron chi connectivity index (χ1n) is 7.65. The number of aliphatic hydroxyl groups is 1. The fourth-order valence-electron chi connectivity index (χ4n) is 2.21. The van der Waals surface area contributed by atoms with Gasteiger partial charge in [0.15, 0.2) is 0 Å². The van der Waals surface area contributed by atoms with E-state index in [2.05, 4.69) is 5.32 Å². The second kappa shape index (κ2) is 8.88. The van der Waals surface area contributed by atoms with E-state index in [0.717, 1.165) is 0 Å². The number of carbonyl (C=O) groups excluding carboxylic acids is 1. The second-order valence-corrected chi connectivity index (χ2v) is 5.09. The molecule has 0 aliphatic rings. The minimum atomic E-state index is -0.664. The average Bonchev–Trinajstić information content (AvgIpc) is 2.59. The van der Waals surface area contributed by atoms with Crippen LogP contribution in [-0.2, 0) is 0 Å². The molecule has 128 valence electrons. The lowest BCUT2D eigenvalue weighted by Gasteiger charge is -2.12. The van der Waals surface area contributed by atoms with Gasteiger partial charge in [-0.1, -0.05) is 18.2 Å². The van der Waals surface area contributed by atoms with Crippen molar-refractivity contribution in [2.75, 3.05) is 20.3 Å². The molecule has 0 bridgehead atoms. The summed E-state index contributed by atoms with van der Waals surface area (Å²) in [5.74, 6) is 0.215. The molecule has 0 spiro atoms. The van der Waals surface area contributed by atoms with Crippen LogP contribution in [0.15, 0.2) is 42.5 Å². The molecule has 2 rings (SSSR count). The molecule has 0 saturated heterocycles.